The van der Waals surface area contributed by atoms with Gasteiger partial charge in [-0.2, -0.15) is 0 Å². The van der Waals surface area contributed by atoms with E-state index in [1.807, 2.05) is 11.9 Å². The fraction of sp³-hybridized carbons (Fsp3) is 0.933. The third kappa shape index (κ3) is 3.47. The van der Waals surface area contributed by atoms with Gasteiger partial charge in [0.15, 0.2) is 0 Å². The average molecular weight is 254 g/mol. The summed E-state index contributed by atoms with van der Waals surface area (Å²) in [6.45, 7) is 10.8. The van der Waals surface area contributed by atoms with Crippen LogP contribution in [0.5, 0.6) is 0 Å². The lowest BCUT2D eigenvalue weighted by molar-refractivity contribution is -0.139. The Morgan fingerprint density at radius 1 is 1.33 bits per heavy atom. The maximum absolute atomic E-state index is 12.5. The molecule has 0 spiro atoms. The Balaban J connectivity index is 2.65. The van der Waals surface area contributed by atoms with Crippen LogP contribution in [0.4, 0.5) is 0 Å². The highest BCUT2D eigenvalue weighted by molar-refractivity contribution is 5.79. The molecule has 106 valence electrons. The molecule has 0 saturated heterocycles. The van der Waals surface area contributed by atoms with Gasteiger partial charge in [0.2, 0.25) is 5.91 Å². The van der Waals surface area contributed by atoms with E-state index in [4.69, 9.17) is 5.73 Å². The summed E-state index contributed by atoms with van der Waals surface area (Å²) in [7, 11) is 1.93. The van der Waals surface area contributed by atoms with Crippen molar-refractivity contribution in [1.82, 2.24) is 4.90 Å². The van der Waals surface area contributed by atoms with Crippen molar-refractivity contribution in [2.75, 3.05) is 7.05 Å². The lowest BCUT2D eigenvalue weighted by Crippen LogP contribution is -2.48. The van der Waals surface area contributed by atoms with Crippen molar-refractivity contribution in [3.8, 4) is 0 Å². The van der Waals surface area contributed by atoms with E-state index in [0.717, 1.165) is 19.3 Å². The van der Waals surface area contributed by atoms with Crippen molar-refractivity contribution in [2.45, 2.75) is 66.0 Å². The topological polar surface area (TPSA) is 46.3 Å². The lowest BCUT2D eigenvalue weighted by atomic mass is 9.78. The first kappa shape index (κ1) is 15.5. The quantitative estimate of drug-likeness (QED) is 0.823. The molecular formula is C15H30N2O. The van der Waals surface area contributed by atoms with E-state index in [9.17, 15) is 4.79 Å². The van der Waals surface area contributed by atoms with Gasteiger partial charge in [-0.1, -0.05) is 27.7 Å². The second-order valence-electron chi connectivity index (χ2n) is 7.14. The van der Waals surface area contributed by atoms with Gasteiger partial charge in [0.25, 0.3) is 0 Å². The number of hydrogen-bond acceptors (Lipinski definition) is 2. The van der Waals surface area contributed by atoms with Crippen molar-refractivity contribution in [3.63, 3.8) is 0 Å². The van der Waals surface area contributed by atoms with E-state index in [-0.39, 0.29) is 29.3 Å². The van der Waals surface area contributed by atoms with Crippen molar-refractivity contribution in [1.29, 1.82) is 0 Å². The molecule has 0 heterocycles. The van der Waals surface area contributed by atoms with Gasteiger partial charge in [-0.05, 0) is 37.5 Å². The zero-order chi connectivity index (χ0) is 14.1. The average Bonchev–Trinajstić information content (AvgIpc) is 2.28. The van der Waals surface area contributed by atoms with Gasteiger partial charge in [-0.25, -0.2) is 0 Å². The molecule has 1 fully saturated rings. The van der Waals surface area contributed by atoms with Crippen LogP contribution >= 0.6 is 0 Å². The molecule has 2 N–H and O–H groups in total. The zero-order valence-corrected chi connectivity index (χ0v) is 12.9. The van der Waals surface area contributed by atoms with Crippen molar-refractivity contribution >= 4 is 5.91 Å². The molecular weight excluding hydrogens is 224 g/mol. The highest BCUT2D eigenvalue weighted by Crippen LogP contribution is 2.31. The summed E-state index contributed by atoms with van der Waals surface area (Å²) in [6.07, 6.45) is 2.92. The number of nitrogens with zero attached hydrogens (tertiary/aromatic N) is 1. The summed E-state index contributed by atoms with van der Waals surface area (Å²) in [5.74, 6) is 0.963. The maximum atomic E-state index is 12.5. The zero-order valence-electron chi connectivity index (χ0n) is 12.9. The molecule has 0 aromatic heterocycles. The predicted molar refractivity (Wildman–Crippen MR) is 76.2 cm³/mol. The number of hydrogen-bond donors (Lipinski definition) is 1. The number of amides is 1. The maximum Gasteiger partial charge on any atom is 0.225 e. The second-order valence-corrected chi connectivity index (χ2v) is 7.14. The van der Waals surface area contributed by atoms with Crippen LogP contribution in [0.1, 0.15) is 53.9 Å². The summed E-state index contributed by atoms with van der Waals surface area (Å²) in [4.78, 5) is 14.4. The first-order valence-corrected chi connectivity index (χ1v) is 7.16. The van der Waals surface area contributed by atoms with Crippen LogP contribution in [0, 0.1) is 17.3 Å². The minimum Gasteiger partial charge on any atom is -0.342 e. The van der Waals surface area contributed by atoms with Gasteiger partial charge in [0.1, 0.15) is 0 Å². The minimum atomic E-state index is 0.120. The molecule has 1 aliphatic carbocycles. The molecule has 3 heteroatoms. The van der Waals surface area contributed by atoms with Gasteiger partial charge in [0, 0.05) is 25.0 Å². The molecule has 3 nitrogen and oxygen atoms in total. The highest BCUT2D eigenvalue weighted by atomic mass is 16.2. The smallest absolute Gasteiger partial charge is 0.225 e. The van der Waals surface area contributed by atoms with Crippen LogP contribution < -0.4 is 5.73 Å². The molecule has 0 aliphatic heterocycles. The Morgan fingerprint density at radius 3 is 2.33 bits per heavy atom. The fourth-order valence-corrected chi connectivity index (χ4v) is 2.64. The molecule has 1 amide bonds. The van der Waals surface area contributed by atoms with Gasteiger partial charge >= 0.3 is 0 Å². The van der Waals surface area contributed by atoms with Crippen molar-refractivity contribution < 1.29 is 4.79 Å². The summed E-state index contributed by atoms with van der Waals surface area (Å²) < 4.78 is 0. The minimum absolute atomic E-state index is 0.120. The van der Waals surface area contributed by atoms with Gasteiger partial charge < -0.3 is 10.6 Å². The summed E-state index contributed by atoms with van der Waals surface area (Å²) in [5.41, 5.74) is 6.22. The van der Waals surface area contributed by atoms with E-state index in [0.29, 0.717) is 5.92 Å². The Hall–Kier alpha value is -0.570. The van der Waals surface area contributed by atoms with Gasteiger partial charge in [-0.15, -0.1) is 0 Å². The van der Waals surface area contributed by atoms with E-state index in [1.54, 1.807) is 0 Å². The summed E-state index contributed by atoms with van der Waals surface area (Å²) >= 11 is 0. The van der Waals surface area contributed by atoms with Crippen LogP contribution in [0.2, 0.25) is 0 Å². The first-order chi connectivity index (χ1) is 8.14. The standard InChI is InChI=1S/C15H30N2O/c1-10-7-8-12(9-13(10)16)14(18)17(6)11(2)15(3,4)5/h10-13H,7-9,16H2,1-6H3. The third-order valence-corrected chi connectivity index (χ3v) is 4.79. The van der Waals surface area contributed by atoms with E-state index >= 15 is 0 Å². The first-order valence-electron chi connectivity index (χ1n) is 7.16. The van der Waals surface area contributed by atoms with Gasteiger partial charge in [-0.3, -0.25) is 4.79 Å². The number of carbonyl (C=O) groups is 1. The Kier molecular flexibility index (Phi) is 4.82. The number of rotatable bonds is 2. The van der Waals surface area contributed by atoms with E-state index < -0.39 is 0 Å². The molecule has 1 aliphatic rings. The SMILES string of the molecule is CC1CCC(C(=O)N(C)C(C)C(C)(C)C)CC1N. The van der Waals surface area contributed by atoms with Crippen LogP contribution in [-0.4, -0.2) is 29.9 Å². The predicted octanol–water partition coefficient (Wildman–Crippen LogP) is 2.64. The van der Waals surface area contributed by atoms with Crippen LogP contribution in [-0.2, 0) is 4.79 Å². The molecule has 0 bridgehead atoms. The Bertz CT molecular complexity index is 295. The summed E-state index contributed by atoms with van der Waals surface area (Å²) in [6, 6.07) is 0.437. The molecule has 18 heavy (non-hydrogen) atoms. The molecule has 4 unspecified atom stereocenters. The lowest BCUT2D eigenvalue weighted by Gasteiger charge is -2.39. The van der Waals surface area contributed by atoms with E-state index in [2.05, 4.69) is 34.6 Å². The normalized spacial score (nSPS) is 30.9. The van der Waals surface area contributed by atoms with Crippen LogP contribution in [0.3, 0.4) is 0 Å². The van der Waals surface area contributed by atoms with E-state index in [1.165, 1.54) is 0 Å². The van der Waals surface area contributed by atoms with Crippen LogP contribution in [0.15, 0.2) is 0 Å². The Morgan fingerprint density at radius 2 is 1.89 bits per heavy atom. The van der Waals surface area contributed by atoms with Crippen LogP contribution in [0.25, 0.3) is 0 Å². The van der Waals surface area contributed by atoms with Gasteiger partial charge in [0.05, 0.1) is 0 Å². The molecule has 0 aromatic rings. The molecule has 0 aromatic carbocycles. The summed E-state index contributed by atoms with van der Waals surface area (Å²) in [5, 5.41) is 0. The van der Waals surface area contributed by atoms with Crippen molar-refractivity contribution in [2.24, 2.45) is 23.0 Å². The number of carbonyl (C=O) groups excluding carboxylic acids is 1. The molecule has 1 saturated carbocycles. The molecule has 1 rings (SSSR count). The largest absolute Gasteiger partial charge is 0.342 e. The molecule has 4 atom stereocenters. The highest BCUT2D eigenvalue weighted by Gasteiger charge is 2.34. The fourth-order valence-electron chi connectivity index (χ4n) is 2.64. The molecule has 0 radical (unpaired) electrons. The monoisotopic (exact) mass is 254 g/mol. The van der Waals surface area contributed by atoms with Crippen molar-refractivity contribution in [3.05, 3.63) is 0 Å². The second kappa shape index (κ2) is 5.60. The third-order valence-electron chi connectivity index (χ3n) is 4.79. The Labute approximate surface area is 112 Å². The number of nitrogens with two attached hydrogens (primary N) is 1.